The molecule has 0 bridgehead atoms. The van der Waals surface area contributed by atoms with Gasteiger partial charge in [0.1, 0.15) is 0 Å². The van der Waals surface area contributed by atoms with Gasteiger partial charge in [-0.15, -0.1) is 0 Å². The Kier molecular flexibility index (Phi) is 4.91. The predicted octanol–water partition coefficient (Wildman–Crippen LogP) is 3.49. The maximum Gasteiger partial charge on any atom is 0.248 e. The Morgan fingerprint density at radius 3 is 2.50 bits per heavy atom. The molecule has 6 nitrogen and oxygen atoms in total. The fourth-order valence-corrected chi connectivity index (χ4v) is 5.57. The van der Waals surface area contributed by atoms with Crippen LogP contribution in [0.25, 0.3) is 10.9 Å². The lowest BCUT2D eigenvalue weighted by atomic mass is 9.95. The minimum absolute atomic E-state index is 0.00198. The number of fused-ring (bicyclic) bond motifs is 1. The molecule has 1 aromatic heterocycles. The molecule has 1 saturated heterocycles. The highest BCUT2D eigenvalue weighted by atomic mass is 35.5. The predicted molar refractivity (Wildman–Crippen MR) is 109 cm³/mol. The minimum atomic E-state index is -3.74. The van der Waals surface area contributed by atoms with Gasteiger partial charge in [0, 0.05) is 40.8 Å². The summed E-state index contributed by atoms with van der Waals surface area (Å²) in [6.07, 6.45) is 1.44. The van der Waals surface area contributed by atoms with Crippen LogP contribution < -0.4 is 5.73 Å². The van der Waals surface area contributed by atoms with Gasteiger partial charge < -0.3 is 10.7 Å². The molecule has 0 spiro atoms. The third kappa shape index (κ3) is 3.53. The monoisotopic (exact) mass is 417 g/mol. The van der Waals surface area contributed by atoms with Crippen molar-refractivity contribution in [2.45, 2.75) is 23.7 Å². The van der Waals surface area contributed by atoms with Gasteiger partial charge >= 0.3 is 0 Å². The molecule has 1 fully saturated rings. The Morgan fingerprint density at radius 2 is 1.82 bits per heavy atom. The third-order valence-corrected chi connectivity index (χ3v) is 7.33. The average molecular weight is 418 g/mol. The van der Waals surface area contributed by atoms with E-state index in [1.807, 2.05) is 18.2 Å². The SMILES string of the molecule is NC(=O)c1cc(Cl)cc(S(=O)(=O)N2CCC(c3cc4ccccc4[nH]3)CC2)c1. The Morgan fingerprint density at radius 1 is 1.11 bits per heavy atom. The lowest BCUT2D eigenvalue weighted by Gasteiger charge is -2.31. The fourth-order valence-electron chi connectivity index (χ4n) is 3.73. The summed E-state index contributed by atoms with van der Waals surface area (Å²) in [7, 11) is -3.74. The average Bonchev–Trinajstić information content (AvgIpc) is 3.12. The van der Waals surface area contributed by atoms with Crippen LogP contribution in [-0.4, -0.2) is 36.7 Å². The number of hydrogen-bond donors (Lipinski definition) is 2. The topological polar surface area (TPSA) is 96.3 Å². The van der Waals surface area contributed by atoms with E-state index in [9.17, 15) is 13.2 Å². The second-order valence-electron chi connectivity index (χ2n) is 7.03. The normalized spacial score (nSPS) is 16.5. The number of rotatable bonds is 4. The molecule has 0 radical (unpaired) electrons. The van der Waals surface area contributed by atoms with E-state index in [4.69, 9.17) is 17.3 Å². The van der Waals surface area contributed by atoms with Gasteiger partial charge in [0.05, 0.1) is 4.90 Å². The smallest absolute Gasteiger partial charge is 0.248 e. The van der Waals surface area contributed by atoms with Gasteiger partial charge in [-0.2, -0.15) is 4.31 Å². The molecule has 1 aliphatic rings. The van der Waals surface area contributed by atoms with Crippen molar-refractivity contribution in [3.8, 4) is 0 Å². The lowest BCUT2D eigenvalue weighted by Crippen LogP contribution is -2.38. The molecule has 28 heavy (non-hydrogen) atoms. The number of amides is 1. The summed E-state index contributed by atoms with van der Waals surface area (Å²) < 4.78 is 27.5. The number of carbonyl (C=O) groups excluding carboxylic acids is 1. The van der Waals surface area contributed by atoms with Gasteiger partial charge in [-0.25, -0.2) is 8.42 Å². The molecule has 4 rings (SSSR count). The van der Waals surface area contributed by atoms with Gasteiger partial charge in [-0.1, -0.05) is 29.8 Å². The first kappa shape index (κ1) is 19.0. The Balaban J connectivity index is 1.53. The largest absolute Gasteiger partial charge is 0.366 e. The zero-order chi connectivity index (χ0) is 19.9. The van der Waals surface area contributed by atoms with Gasteiger partial charge in [0.2, 0.25) is 15.9 Å². The number of benzene rings is 2. The van der Waals surface area contributed by atoms with Gasteiger partial charge in [-0.3, -0.25) is 4.79 Å². The highest BCUT2D eigenvalue weighted by Crippen LogP contribution is 2.32. The van der Waals surface area contributed by atoms with Crippen LogP contribution in [0.2, 0.25) is 5.02 Å². The number of aromatic nitrogens is 1. The number of primary amides is 1. The van der Waals surface area contributed by atoms with E-state index < -0.39 is 15.9 Å². The molecular weight excluding hydrogens is 398 g/mol. The highest BCUT2D eigenvalue weighted by Gasteiger charge is 2.31. The van der Waals surface area contributed by atoms with Crippen LogP contribution in [0.1, 0.15) is 34.8 Å². The van der Waals surface area contributed by atoms with Crippen LogP contribution in [-0.2, 0) is 10.0 Å². The summed E-state index contributed by atoms with van der Waals surface area (Å²) in [5.74, 6) is -0.434. The number of piperidine rings is 1. The molecule has 1 amide bonds. The van der Waals surface area contributed by atoms with Crippen LogP contribution in [0.5, 0.6) is 0 Å². The number of nitrogens with two attached hydrogens (primary N) is 1. The van der Waals surface area contributed by atoms with Crippen molar-refractivity contribution in [1.29, 1.82) is 0 Å². The van der Waals surface area contributed by atoms with Crippen molar-refractivity contribution in [2.75, 3.05) is 13.1 Å². The second-order valence-corrected chi connectivity index (χ2v) is 9.40. The maximum absolute atomic E-state index is 13.0. The molecule has 146 valence electrons. The Labute approximate surface area is 168 Å². The lowest BCUT2D eigenvalue weighted by molar-refractivity contribution is 0.1000. The molecule has 0 unspecified atom stereocenters. The summed E-state index contributed by atoms with van der Waals surface area (Å²) in [5.41, 5.74) is 7.59. The summed E-state index contributed by atoms with van der Waals surface area (Å²) in [6.45, 7) is 0.807. The first-order chi connectivity index (χ1) is 13.3. The number of nitrogens with zero attached hydrogens (tertiary/aromatic N) is 1. The minimum Gasteiger partial charge on any atom is -0.366 e. The summed E-state index contributed by atoms with van der Waals surface area (Å²) in [5, 5.41) is 1.33. The van der Waals surface area contributed by atoms with Crippen molar-refractivity contribution >= 4 is 38.4 Å². The van der Waals surface area contributed by atoms with Gasteiger partial charge in [-0.05, 0) is 48.6 Å². The quantitative estimate of drug-likeness (QED) is 0.680. The standard InChI is InChI=1S/C20H20ClN3O3S/c21-16-9-15(20(22)25)10-17(12-16)28(26,27)24-7-5-13(6-8-24)19-11-14-3-1-2-4-18(14)23-19/h1-4,9-13,23H,5-8H2,(H2,22,25). The number of H-pyrrole nitrogens is 1. The van der Waals surface area contributed by atoms with Crippen molar-refractivity contribution in [3.05, 3.63) is 64.8 Å². The molecule has 0 saturated carbocycles. The number of sulfonamides is 1. The van der Waals surface area contributed by atoms with E-state index >= 15 is 0 Å². The number of para-hydroxylation sites is 1. The number of aromatic amines is 1. The molecule has 0 aliphatic carbocycles. The highest BCUT2D eigenvalue weighted by molar-refractivity contribution is 7.89. The molecule has 0 atom stereocenters. The summed E-state index contributed by atoms with van der Waals surface area (Å²) >= 11 is 5.99. The number of carbonyl (C=O) groups is 1. The van der Waals surface area contributed by atoms with Gasteiger partial charge in [0.25, 0.3) is 0 Å². The van der Waals surface area contributed by atoms with E-state index in [-0.39, 0.29) is 21.4 Å². The molecule has 3 N–H and O–H groups in total. The van der Waals surface area contributed by atoms with Crippen LogP contribution in [0, 0.1) is 0 Å². The van der Waals surface area contributed by atoms with E-state index in [1.54, 1.807) is 0 Å². The Bertz CT molecular complexity index is 1120. The first-order valence-corrected chi connectivity index (χ1v) is 10.8. The molecule has 3 aromatic rings. The number of halogens is 1. The molecular formula is C20H20ClN3O3S. The molecule has 1 aliphatic heterocycles. The third-order valence-electron chi connectivity index (χ3n) is 5.24. The maximum atomic E-state index is 13.0. The first-order valence-electron chi connectivity index (χ1n) is 9.03. The second kappa shape index (κ2) is 7.24. The van der Waals surface area contributed by atoms with Crippen molar-refractivity contribution in [3.63, 3.8) is 0 Å². The summed E-state index contributed by atoms with van der Waals surface area (Å²) in [4.78, 5) is 14.9. The fraction of sp³-hybridized carbons (Fsp3) is 0.250. The van der Waals surface area contributed by atoms with Crippen molar-refractivity contribution in [1.82, 2.24) is 9.29 Å². The zero-order valence-corrected chi connectivity index (χ0v) is 16.6. The van der Waals surface area contributed by atoms with Crippen LogP contribution in [0.3, 0.4) is 0 Å². The number of hydrogen-bond acceptors (Lipinski definition) is 3. The number of nitrogens with one attached hydrogen (secondary N) is 1. The molecule has 8 heteroatoms. The molecule has 2 heterocycles. The van der Waals surface area contributed by atoms with Crippen LogP contribution in [0.4, 0.5) is 0 Å². The van der Waals surface area contributed by atoms with Gasteiger partial charge in [0.15, 0.2) is 0 Å². The Hall–Kier alpha value is -2.35. The van der Waals surface area contributed by atoms with Crippen molar-refractivity contribution < 1.29 is 13.2 Å². The molecule has 2 aromatic carbocycles. The van der Waals surface area contributed by atoms with Crippen LogP contribution in [0.15, 0.2) is 53.4 Å². The summed E-state index contributed by atoms with van der Waals surface area (Å²) in [6, 6.07) is 14.2. The van der Waals surface area contributed by atoms with E-state index in [2.05, 4.69) is 17.1 Å². The zero-order valence-electron chi connectivity index (χ0n) is 15.1. The van der Waals surface area contributed by atoms with E-state index in [1.165, 1.54) is 22.5 Å². The van der Waals surface area contributed by atoms with E-state index in [0.29, 0.717) is 13.1 Å². The van der Waals surface area contributed by atoms with Crippen molar-refractivity contribution in [2.24, 2.45) is 5.73 Å². The van der Waals surface area contributed by atoms with E-state index in [0.717, 1.165) is 29.4 Å². The van der Waals surface area contributed by atoms with Crippen LogP contribution >= 0.6 is 11.6 Å².